The molecule has 5 heteroatoms. The molecule has 0 atom stereocenters. The molecule has 245 valence electrons. The molecular formula is C43H42GeIrN2S-2. The largest absolute Gasteiger partial charge is 0.305 e. The van der Waals surface area contributed by atoms with E-state index in [1.165, 1.54) is 32.9 Å². The van der Waals surface area contributed by atoms with Crippen LogP contribution in [0.15, 0.2) is 103 Å². The molecule has 0 unspecified atom stereocenters. The van der Waals surface area contributed by atoms with Crippen molar-refractivity contribution in [1.82, 2.24) is 9.97 Å². The van der Waals surface area contributed by atoms with Gasteiger partial charge in [0.2, 0.25) is 0 Å². The summed E-state index contributed by atoms with van der Waals surface area (Å²) >= 11 is -0.364. The topological polar surface area (TPSA) is 25.8 Å². The van der Waals surface area contributed by atoms with E-state index >= 15 is 0 Å². The molecule has 2 nitrogen and oxygen atoms in total. The number of aryl methyl sites for hydroxylation is 3. The third kappa shape index (κ3) is 7.74. The molecule has 0 amide bonds. The van der Waals surface area contributed by atoms with Gasteiger partial charge in [0.25, 0.3) is 0 Å². The Kier molecular flexibility index (Phi) is 8.89. The summed E-state index contributed by atoms with van der Waals surface area (Å²) in [5, 5.41) is 2.01. The minimum atomic E-state index is -2.20. The molecule has 3 aromatic heterocycles. The maximum absolute atomic E-state index is 8.20. The first kappa shape index (κ1) is 28.4. The SMILES string of the molecule is [2H]C([2H])([2H])c1c[c-]c(-c2cc(C)[c]([Ge]([CH3])([CH3])[CH3])cn2)cc1.[2H]C([2H])([2H])c1cc(-c2ccccc2)cc2c1sc1c(-c3cc(C(C)C)ccn3)[c-]ccc12.[Ir]. The van der Waals surface area contributed by atoms with Gasteiger partial charge >= 0.3 is 117 Å². The second-order valence-electron chi connectivity index (χ2n) is 13.2. The molecule has 7 aromatic rings. The van der Waals surface area contributed by atoms with Crippen LogP contribution in [0.25, 0.3) is 53.8 Å². The molecule has 0 aliphatic rings. The minimum Gasteiger partial charge on any atom is -0.305 e. The van der Waals surface area contributed by atoms with Crippen LogP contribution >= 0.6 is 11.3 Å². The molecule has 48 heavy (non-hydrogen) atoms. The van der Waals surface area contributed by atoms with Crippen LogP contribution < -0.4 is 4.40 Å². The van der Waals surface area contributed by atoms with Crippen molar-refractivity contribution in [3.8, 4) is 33.6 Å². The first-order chi connectivity index (χ1) is 24.9. The van der Waals surface area contributed by atoms with Gasteiger partial charge in [-0.3, -0.25) is 0 Å². The van der Waals surface area contributed by atoms with Crippen molar-refractivity contribution in [3.63, 3.8) is 0 Å². The van der Waals surface area contributed by atoms with Crippen LogP contribution in [-0.2, 0) is 20.1 Å². The standard InChI is InChI=1S/C27H22NS.C16H20GeN.Ir/c1-17(2)20-12-13-28-25(16-20)23-11-7-10-22-24-15-21(19-8-5-4-6-9-19)14-18(3)26(24)29-27(22)23;1-12-6-8-14(9-7-12)16-10-13(2)15(11-18-16)17(3,4)5;/h4-10,12-17H,1-3H3;6-8,10-11H,1-5H3;/q2*-1;/i3D3;1D3;. The van der Waals surface area contributed by atoms with Crippen LogP contribution in [0, 0.1) is 32.8 Å². The molecule has 3 heterocycles. The predicted octanol–water partition coefficient (Wildman–Crippen LogP) is 11.7. The maximum atomic E-state index is 8.20. The first-order valence-electron chi connectivity index (χ1n) is 18.8. The number of benzene rings is 4. The Morgan fingerprint density at radius 3 is 2.25 bits per heavy atom. The number of hydrogen-bond donors (Lipinski definition) is 0. The molecule has 0 saturated heterocycles. The van der Waals surface area contributed by atoms with Crippen LogP contribution in [0.2, 0.25) is 17.3 Å². The summed E-state index contributed by atoms with van der Waals surface area (Å²) in [5.41, 5.74) is 8.58. The molecule has 0 saturated carbocycles. The number of pyridine rings is 2. The zero-order valence-electron chi connectivity index (χ0n) is 34.0. The van der Waals surface area contributed by atoms with Crippen molar-refractivity contribution in [1.29, 1.82) is 0 Å². The Hall–Kier alpha value is -3.41. The van der Waals surface area contributed by atoms with Gasteiger partial charge in [0.05, 0.1) is 0 Å². The van der Waals surface area contributed by atoms with Crippen LogP contribution in [0.5, 0.6) is 0 Å². The van der Waals surface area contributed by atoms with E-state index in [1.54, 1.807) is 12.1 Å². The van der Waals surface area contributed by atoms with Gasteiger partial charge < -0.3 is 4.98 Å². The first-order valence-corrected chi connectivity index (χ1v) is 24.0. The van der Waals surface area contributed by atoms with E-state index in [9.17, 15) is 0 Å². The normalized spacial score (nSPS) is 13.7. The number of nitrogens with zero attached hydrogens (tertiary/aromatic N) is 2. The van der Waals surface area contributed by atoms with Gasteiger partial charge in [0.1, 0.15) is 0 Å². The summed E-state index contributed by atoms with van der Waals surface area (Å²) in [7, 11) is 0. The van der Waals surface area contributed by atoms with E-state index in [1.807, 2.05) is 67.0 Å². The molecule has 0 N–H and O–H groups in total. The molecular weight excluding hydrogens is 841 g/mol. The Labute approximate surface area is 314 Å². The van der Waals surface area contributed by atoms with E-state index in [4.69, 9.17) is 8.22 Å². The van der Waals surface area contributed by atoms with Crippen molar-refractivity contribution < 1.29 is 28.3 Å². The van der Waals surface area contributed by atoms with Crippen molar-refractivity contribution in [2.24, 2.45) is 0 Å². The zero-order chi connectivity index (χ0) is 38.3. The van der Waals surface area contributed by atoms with Crippen molar-refractivity contribution in [3.05, 3.63) is 138 Å². The Bertz CT molecular complexity index is 2400. The fourth-order valence-electron chi connectivity index (χ4n) is 5.85. The molecule has 0 fully saturated rings. The molecule has 0 spiro atoms. The molecule has 1 radical (unpaired) electrons. The van der Waals surface area contributed by atoms with E-state index in [0.29, 0.717) is 17.0 Å². The molecule has 0 bridgehead atoms. The monoisotopic (exact) mass is 891 g/mol. The second-order valence-corrected chi connectivity index (χ2v) is 24.8. The summed E-state index contributed by atoms with van der Waals surface area (Å²) in [4.78, 5) is 9.16. The van der Waals surface area contributed by atoms with Gasteiger partial charge in [0, 0.05) is 35.1 Å². The second kappa shape index (κ2) is 15.0. The van der Waals surface area contributed by atoms with Crippen LogP contribution in [0.3, 0.4) is 0 Å². The molecule has 0 aliphatic carbocycles. The van der Waals surface area contributed by atoms with Gasteiger partial charge in [-0.15, -0.1) is 23.8 Å². The smallest absolute Gasteiger partial charge is 0.0280 e. The summed E-state index contributed by atoms with van der Waals surface area (Å²) in [6.45, 7) is 2.16. The molecule has 4 aromatic carbocycles. The number of thiophene rings is 1. The summed E-state index contributed by atoms with van der Waals surface area (Å²) in [6, 6.07) is 35.4. The van der Waals surface area contributed by atoms with Crippen LogP contribution in [0.1, 0.15) is 50.2 Å². The zero-order valence-corrected chi connectivity index (χ0v) is 33.3. The van der Waals surface area contributed by atoms with Crippen LogP contribution in [0.4, 0.5) is 0 Å². The van der Waals surface area contributed by atoms with E-state index in [0.717, 1.165) is 53.8 Å². The third-order valence-corrected chi connectivity index (χ3v) is 14.1. The average molecular weight is 890 g/mol. The van der Waals surface area contributed by atoms with E-state index < -0.39 is 27.0 Å². The van der Waals surface area contributed by atoms with Crippen molar-refractivity contribution in [2.75, 3.05) is 0 Å². The van der Waals surface area contributed by atoms with Gasteiger partial charge in [-0.05, 0) is 57.4 Å². The Morgan fingerprint density at radius 1 is 0.771 bits per heavy atom. The number of aromatic nitrogens is 2. The average Bonchev–Trinajstić information content (AvgIpc) is 3.49. The molecule has 0 aliphatic heterocycles. The third-order valence-electron chi connectivity index (χ3n) is 8.35. The van der Waals surface area contributed by atoms with Crippen LogP contribution in [-0.4, -0.2) is 23.2 Å². The number of rotatable bonds is 5. The van der Waals surface area contributed by atoms with Crippen molar-refractivity contribution >= 4 is 49.2 Å². The Balaban J connectivity index is 0.000000223. The van der Waals surface area contributed by atoms with Gasteiger partial charge in [-0.25, -0.2) is 0 Å². The van der Waals surface area contributed by atoms with Gasteiger partial charge in [-0.1, -0.05) is 67.3 Å². The predicted molar refractivity (Wildman–Crippen MR) is 207 cm³/mol. The van der Waals surface area contributed by atoms with Crippen molar-refractivity contribution in [2.45, 2.75) is 57.7 Å². The number of hydrogen-bond acceptors (Lipinski definition) is 3. The number of fused-ring (bicyclic) bond motifs is 3. The van der Waals surface area contributed by atoms with E-state index in [2.05, 4.69) is 78.3 Å². The van der Waals surface area contributed by atoms with E-state index in [-0.39, 0.29) is 20.1 Å². The molecule has 7 rings (SSSR count). The summed E-state index contributed by atoms with van der Waals surface area (Å²) in [5.74, 6) is 7.44. The fourth-order valence-corrected chi connectivity index (χ4v) is 10.6. The maximum Gasteiger partial charge on any atom is 0.0280 e. The Morgan fingerprint density at radius 2 is 1.58 bits per heavy atom. The minimum absolute atomic E-state index is 0. The quantitative estimate of drug-likeness (QED) is 0.127. The van der Waals surface area contributed by atoms with Gasteiger partial charge in [0.15, 0.2) is 0 Å². The fraction of sp³-hybridized carbons (Fsp3) is 0.209. The van der Waals surface area contributed by atoms with Gasteiger partial charge in [-0.2, -0.15) is 11.3 Å². The summed E-state index contributed by atoms with van der Waals surface area (Å²) in [6.07, 6.45) is 3.82. The summed E-state index contributed by atoms with van der Waals surface area (Å²) < 4.78 is 50.0.